The summed E-state index contributed by atoms with van der Waals surface area (Å²) < 4.78 is 0. The van der Waals surface area contributed by atoms with Crippen LogP contribution in [0.1, 0.15) is 39.5 Å². The number of likely N-dealkylation sites (tertiary alicyclic amines) is 1. The molecule has 7 atom stereocenters. The lowest BCUT2D eigenvalue weighted by molar-refractivity contribution is -0.143. The predicted molar refractivity (Wildman–Crippen MR) is 159 cm³/mol. The minimum atomic E-state index is -1.60. The van der Waals surface area contributed by atoms with Crippen LogP contribution in [0, 0.1) is 0 Å². The maximum atomic E-state index is 13.2. The zero-order valence-corrected chi connectivity index (χ0v) is 26.1. The molecule has 0 saturated carbocycles. The molecule has 2 aliphatic rings. The molecule has 7 amide bonds. The Labute approximate surface area is 269 Å². The minimum absolute atomic E-state index is 0.120. The summed E-state index contributed by atoms with van der Waals surface area (Å²) in [5.41, 5.74) is 0. The third-order valence-electron chi connectivity index (χ3n) is 7.57. The summed E-state index contributed by atoms with van der Waals surface area (Å²) in [6.45, 7) is 0.211. The summed E-state index contributed by atoms with van der Waals surface area (Å²) in [7, 11) is 0. The molecule has 2 rings (SSSR count). The fraction of sp³-hybridized carbons (Fsp3) is 0.704. The number of aliphatic hydroxyl groups excluding tert-OH is 3. The van der Waals surface area contributed by atoms with Crippen LogP contribution in [0.15, 0.2) is 0 Å². The van der Waals surface area contributed by atoms with E-state index in [9.17, 15) is 48.6 Å². The van der Waals surface area contributed by atoms with Gasteiger partial charge in [-0.05, 0) is 46.1 Å². The number of hydrogen-bond acceptors (Lipinski definition) is 12. The van der Waals surface area contributed by atoms with E-state index in [0.29, 0.717) is 19.4 Å². The highest BCUT2D eigenvalue weighted by atomic mass is 16.4. The summed E-state index contributed by atoms with van der Waals surface area (Å²) in [6.07, 6.45) is 2.06. The molecule has 0 unspecified atom stereocenters. The number of nitrogens with zero attached hydrogens (tertiary/aromatic N) is 1. The van der Waals surface area contributed by atoms with Gasteiger partial charge in [0.2, 0.25) is 41.4 Å². The van der Waals surface area contributed by atoms with Gasteiger partial charge >= 0.3 is 5.97 Å². The quantitative estimate of drug-likeness (QED) is 0.0686. The average Bonchev–Trinajstić information content (AvgIpc) is 3.76. The van der Waals surface area contributed by atoms with Crippen molar-refractivity contribution in [1.82, 2.24) is 42.1 Å². The SMILES string of the molecule is C[C@H](NC(=O)[C@@H]1CCCN1)C(=O)N[C@@H](CO)C(=O)N1CCC[C@H]1C(=O)N[C@@H](C)C(=O)N[C@@H](CO)C(=O)NCC(=O)N[C@@H](CO)C(=O)O. The zero-order chi connectivity index (χ0) is 35.3. The van der Waals surface area contributed by atoms with Crippen LogP contribution in [0.2, 0.25) is 0 Å². The summed E-state index contributed by atoms with van der Waals surface area (Å²) in [5.74, 6) is -6.92. The first-order valence-electron chi connectivity index (χ1n) is 15.1. The third-order valence-corrected chi connectivity index (χ3v) is 7.57. The number of aliphatic hydroxyl groups is 3. The van der Waals surface area contributed by atoms with Crippen LogP contribution in [0.3, 0.4) is 0 Å². The van der Waals surface area contributed by atoms with Crippen LogP contribution in [-0.4, -0.2) is 154 Å². The van der Waals surface area contributed by atoms with Gasteiger partial charge in [-0.2, -0.15) is 0 Å². The largest absolute Gasteiger partial charge is 0.480 e. The molecule has 0 aromatic carbocycles. The Balaban J connectivity index is 1.90. The number of carboxylic acids is 1. The average molecular weight is 673 g/mol. The number of nitrogens with one attached hydrogen (secondary N) is 7. The molecule has 0 aromatic heterocycles. The van der Waals surface area contributed by atoms with Crippen LogP contribution in [0.5, 0.6) is 0 Å². The molecule has 0 aliphatic carbocycles. The topological polar surface area (TPSA) is 305 Å². The second-order valence-corrected chi connectivity index (χ2v) is 11.1. The van der Waals surface area contributed by atoms with Gasteiger partial charge in [0, 0.05) is 6.54 Å². The lowest BCUT2D eigenvalue weighted by Crippen LogP contribution is -2.59. The molecule has 0 aromatic rings. The van der Waals surface area contributed by atoms with Crippen molar-refractivity contribution >= 4 is 47.3 Å². The van der Waals surface area contributed by atoms with Gasteiger partial charge in [-0.15, -0.1) is 0 Å². The van der Waals surface area contributed by atoms with Gasteiger partial charge in [-0.25, -0.2) is 4.79 Å². The van der Waals surface area contributed by atoms with E-state index in [-0.39, 0.29) is 18.9 Å². The van der Waals surface area contributed by atoms with Crippen LogP contribution in [0.4, 0.5) is 0 Å². The highest BCUT2D eigenvalue weighted by Crippen LogP contribution is 2.19. The molecule has 2 fully saturated rings. The molecule has 11 N–H and O–H groups in total. The Morgan fingerprint density at radius 2 is 1.30 bits per heavy atom. The van der Waals surface area contributed by atoms with Crippen molar-refractivity contribution in [2.45, 2.75) is 81.8 Å². The standard InChI is InChI=1S/C27H44N8O12/c1-13(30-24(43)15-5-3-7-28-15)22(41)34-17(11-37)26(45)35-8-4-6-19(35)25(44)31-14(2)21(40)33-16(10-36)23(42)29-9-20(39)32-18(12-38)27(46)47/h13-19,28,36-38H,3-12H2,1-2H3,(H,29,42)(H,30,43)(H,31,44)(H,32,39)(H,33,40)(H,34,41)(H,46,47)/t13-,14-,15-,16-,17-,18-,19-/m0/s1. The Kier molecular flexibility index (Phi) is 15.4. The minimum Gasteiger partial charge on any atom is -0.480 e. The highest BCUT2D eigenvalue weighted by molar-refractivity contribution is 5.97. The van der Waals surface area contributed by atoms with Crippen LogP contribution in [-0.2, 0) is 38.4 Å². The van der Waals surface area contributed by atoms with Gasteiger partial charge in [0.1, 0.15) is 36.3 Å². The van der Waals surface area contributed by atoms with Crippen molar-refractivity contribution in [1.29, 1.82) is 0 Å². The lowest BCUT2D eigenvalue weighted by Gasteiger charge is -2.29. The molecule has 264 valence electrons. The van der Waals surface area contributed by atoms with E-state index in [0.717, 1.165) is 11.3 Å². The normalized spacial score (nSPS) is 20.5. The van der Waals surface area contributed by atoms with Crippen molar-refractivity contribution in [3.8, 4) is 0 Å². The Bertz CT molecular complexity index is 1180. The molecule has 47 heavy (non-hydrogen) atoms. The van der Waals surface area contributed by atoms with Gasteiger partial charge in [0.25, 0.3) is 0 Å². The number of carbonyl (C=O) groups excluding carboxylic acids is 7. The second-order valence-electron chi connectivity index (χ2n) is 11.1. The number of hydrogen-bond donors (Lipinski definition) is 11. The fourth-order valence-corrected chi connectivity index (χ4v) is 4.86. The van der Waals surface area contributed by atoms with Crippen molar-refractivity contribution in [2.75, 3.05) is 39.5 Å². The van der Waals surface area contributed by atoms with Gasteiger partial charge in [-0.1, -0.05) is 0 Å². The molecule has 0 bridgehead atoms. The second kappa shape index (κ2) is 18.7. The van der Waals surface area contributed by atoms with Gasteiger partial charge in [0.15, 0.2) is 0 Å². The maximum Gasteiger partial charge on any atom is 0.328 e. The van der Waals surface area contributed by atoms with E-state index in [1.54, 1.807) is 0 Å². The van der Waals surface area contributed by atoms with Crippen molar-refractivity contribution in [3.63, 3.8) is 0 Å². The molecule has 20 heteroatoms. The molecule has 2 aliphatic heterocycles. The monoisotopic (exact) mass is 672 g/mol. The maximum absolute atomic E-state index is 13.2. The van der Waals surface area contributed by atoms with Gasteiger partial charge in [0.05, 0.1) is 32.4 Å². The van der Waals surface area contributed by atoms with Gasteiger partial charge in [-0.3, -0.25) is 33.6 Å². The third kappa shape index (κ3) is 11.4. The van der Waals surface area contributed by atoms with E-state index in [4.69, 9.17) is 10.2 Å². The van der Waals surface area contributed by atoms with Crippen molar-refractivity contribution in [2.24, 2.45) is 0 Å². The molecular formula is C27H44N8O12. The summed E-state index contributed by atoms with van der Waals surface area (Å²) in [6, 6.07) is -8.32. The predicted octanol–water partition coefficient (Wildman–Crippen LogP) is -6.63. The van der Waals surface area contributed by atoms with E-state index >= 15 is 0 Å². The molecule has 0 spiro atoms. The van der Waals surface area contributed by atoms with E-state index < -0.39 is 110 Å². The lowest BCUT2D eigenvalue weighted by atomic mass is 10.1. The Morgan fingerprint density at radius 3 is 1.83 bits per heavy atom. The summed E-state index contributed by atoms with van der Waals surface area (Å²) >= 11 is 0. The number of amides is 7. The van der Waals surface area contributed by atoms with Gasteiger partial charge < -0.3 is 62.5 Å². The van der Waals surface area contributed by atoms with Crippen molar-refractivity contribution < 1.29 is 58.8 Å². The zero-order valence-electron chi connectivity index (χ0n) is 26.1. The Hall–Kier alpha value is -4.40. The molecule has 20 nitrogen and oxygen atoms in total. The smallest absolute Gasteiger partial charge is 0.328 e. The summed E-state index contributed by atoms with van der Waals surface area (Å²) in [4.78, 5) is 100. The van der Waals surface area contributed by atoms with E-state index in [1.165, 1.54) is 13.8 Å². The van der Waals surface area contributed by atoms with E-state index in [1.807, 2.05) is 5.32 Å². The summed E-state index contributed by atoms with van der Waals surface area (Å²) in [5, 5.41) is 53.9. The van der Waals surface area contributed by atoms with E-state index in [2.05, 4.69) is 31.9 Å². The van der Waals surface area contributed by atoms with Crippen LogP contribution >= 0.6 is 0 Å². The number of aliphatic carboxylic acids is 1. The molecular weight excluding hydrogens is 628 g/mol. The number of carbonyl (C=O) groups is 8. The van der Waals surface area contributed by atoms with Crippen molar-refractivity contribution in [3.05, 3.63) is 0 Å². The molecule has 2 heterocycles. The first-order valence-corrected chi connectivity index (χ1v) is 15.1. The molecule has 0 radical (unpaired) electrons. The molecule has 2 saturated heterocycles. The Morgan fingerprint density at radius 1 is 0.723 bits per heavy atom. The fourth-order valence-electron chi connectivity index (χ4n) is 4.86. The number of rotatable bonds is 17. The first-order chi connectivity index (χ1) is 22.2. The van der Waals surface area contributed by atoms with Crippen LogP contribution < -0.4 is 37.2 Å². The number of carboxylic acid groups (broad SMARTS) is 1. The first kappa shape index (κ1) is 38.8. The van der Waals surface area contributed by atoms with Crippen LogP contribution in [0.25, 0.3) is 0 Å². The highest BCUT2D eigenvalue weighted by Gasteiger charge is 2.39.